The van der Waals surface area contributed by atoms with Crippen LogP contribution >= 0.6 is 0 Å². The van der Waals surface area contributed by atoms with Gasteiger partial charge in [0.1, 0.15) is 0 Å². The summed E-state index contributed by atoms with van der Waals surface area (Å²) in [7, 11) is 3.05. The standard InChI is InChI=1S/C22H29N3O3/c1-15(16-7-5-4-6-8-16)11-12-25-14-20(26)18-10-9-17(21(27)23-2)13-19(18)22(28)24-3/h4-10,13,15,20,25-26H,11-12,14H2,1-3H3,(H,23,27)(H,24,28). The normalized spacial score (nSPS) is 12.9. The van der Waals surface area contributed by atoms with Gasteiger partial charge >= 0.3 is 0 Å². The predicted molar refractivity (Wildman–Crippen MR) is 111 cm³/mol. The second-order valence-electron chi connectivity index (χ2n) is 6.78. The molecule has 2 rings (SSSR count). The predicted octanol–water partition coefficient (Wildman–Crippen LogP) is 2.22. The summed E-state index contributed by atoms with van der Waals surface area (Å²) in [4.78, 5) is 24.0. The first-order valence-corrected chi connectivity index (χ1v) is 9.49. The molecule has 2 amide bonds. The molecular weight excluding hydrogens is 354 g/mol. The van der Waals surface area contributed by atoms with Gasteiger partial charge in [0.25, 0.3) is 11.8 Å². The van der Waals surface area contributed by atoms with Crippen LogP contribution < -0.4 is 16.0 Å². The third kappa shape index (κ3) is 5.65. The van der Waals surface area contributed by atoms with Crippen LogP contribution in [0.4, 0.5) is 0 Å². The first-order chi connectivity index (χ1) is 13.5. The molecule has 150 valence electrons. The molecule has 2 unspecified atom stereocenters. The van der Waals surface area contributed by atoms with Crippen LogP contribution in [-0.2, 0) is 0 Å². The maximum atomic E-state index is 12.2. The lowest BCUT2D eigenvalue weighted by atomic mass is 9.97. The highest BCUT2D eigenvalue weighted by Crippen LogP contribution is 2.21. The van der Waals surface area contributed by atoms with Gasteiger partial charge in [0.05, 0.1) is 6.10 Å². The molecule has 0 heterocycles. The quantitative estimate of drug-likeness (QED) is 0.500. The van der Waals surface area contributed by atoms with Gasteiger partial charge in [0, 0.05) is 31.8 Å². The van der Waals surface area contributed by atoms with Gasteiger partial charge in [-0.25, -0.2) is 0 Å². The Balaban J connectivity index is 1.98. The highest BCUT2D eigenvalue weighted by Gasteiger charge is 2.19. The van der Waals surface area contributed by atoms with Crippen LogP contribution in [-0.4, -0.2) is 44.1 Å². The summed E-state index contributed by atoms with van der Waals surface area (Å²) in [6.07, 6.45) is 0.0901. The summed E-state index contributed by atoms with van der Waals surface area (Å²) < 4.78 is 0. The Morgan fingerprint density at radius 1 is 1.00 bits per heavy atom. The number of hydrogen-bond donors (Lipinski definition) is 4. The maximum Gasteiger partial charge on any atom is 0.251 e. The second-order valence-corrected chi connectivity index (χ2v) is 6.78. The summed E-state index contributed by atoms with van der Waals surface area (Å²) >= 11 is 0. The summed E-state index contributed by atoms with van der Waals surface area (Å²) in [5, 5.41) is 18.9. The highest BCUT2D eigenvalue weighted by atomic mass is 16.3. The van der Waals surface area contributed by atoms with Gasteiger partial charge in [-0.05, 0) is 42.1 Å². The maximum absolute atomic E-state index is 12.2. The lowest BCUT2D eigenvalue weighted by molar-refractivity contribution is 0.0955. The summed E-state index contributed by atoms with van der Waals surface area (Å²) in [5.41, 5.74) is 2.46. The molecule has 0 aliphatic heterocycles. The fourth-order valence-corrected chi connectivity index (χ4v) is 3.08. The molecule has 0 saturated carbocycles. The molecule has 28 heavy (non-hydrogen) atoms. The summed E-state index contributed by atoms with van der Waals surface area (Å²) in [5.74, 6) is -0.198. The molecule has 6 nitrogen and oxygen atoms in total. The minimum Gasteiger partial charge on any atom is -0.387 e. The van der Waals surface area contributed by atoms with Crippen LogP contribution in [0.3, 0.4) is 0 Å². The van der Waals surface area contributed by atoms with E-state index in [0.29, 0.717) is 29.2 Å². The van der Waals surface area contributed by atoms with E-state index in [2.05, 4.69) is 35.0 Å². The highest BCUT2D eigenvalue weighted by molar-refractivity contribution is 6.00. The average Bonchev–Trinajstić information content (AvgIpc) is 2.75. The van der Waals surface area contributed by atoms with E-state index >= 15 is 0 Å². The fraction of sp³-hybridized carbons (Fsp3) is 0.364. The van der Waals surface area contributed by atoms with Gasteiger partial charge in [-0.15, -0.1) is 0 Å². The summed E-state index contributed by atoms with van der Waals surface area (Å²) in [6.45, 7) is 3.25. The number of rotatable bonds is 9. The van der Waals surface area contributed by atoms with Crippen molar-refractivity contribution in [3.8, 4) is 0 Å². The smallest absolute Gasteiger partial charge is 0.251 e. The molecular formula is C22H29N3O3. The lowest BCUT2D eigenvalue weighted by Crippen LogP contribution is -2.27. The zero-order valence-electron chi connectivity index (χ0n) is 16.7. The lowest BCUT2D eigenvalue weighted by Gasteiger charge is -2.18. The van der Waals surface area contributed by atoms with Crippen molar-refractivity contribution in [2.75, 3.05) is 27.2 Å². The van der Waals surface area contributed by atoms with Crippen molar-refractivity contribution in [1.29, 1.82) is 0 Å². The van der Waals surface area contributed by atoms with Crippen LogP contribution in [0.15, 0.2) is 48.5 Å². The van der Waals surface area contributed by atoms with E-state index in [0.717, 1.165) is 13.0 Å². The van der Waals surface area contributed by atoms with Crippen molar-refractivity contribution in [3.05, 3.63) is 70.8 Å². The van der Waals surface area contributed by atoms with Crippen molar-refractivity contribution in [1.82, 2.24) is 16.0 Å². The molecule has 4 N–H and O–H groups in total. The third-order valence-corrected chi connectivity index (χ3v) is 4.83. The van der Waals surface area contributed by atoms with Crippen LogP contribution in [0.2, 0.25) is 0 Å². The van der Waals surface area contributed by atoms with E-state index < -0.39 is 6.10 Å². The Kier molecular flexibility index (Phi) is 8.17. The molecule has 0 aromatic heterocycles. The minimum absolute atomic E-state index is 0.279. The van der Waals surface area contributed by atoms with Gasteiger partial charge < -0.3 is 21.1 Å². The van der Waals surface area contributed by atoms with E-state index in [9.17, 15) is 14.7 Å². The van der Waals surface area contributed by atoms with Crippen molar-refractivity contribution >= 4 is 11.8 Å². The zero-order valence-corrected chi connectivity index (χ0v) is 16.7. The zero-order chi connectivity index (χ0) is 20.5. The minimum atomic E-state index is -0.849. The number of nitrogens with one attached hydrogen (secondary N) is 3. The van der Waals surface area contributed by atoms with Crippen molar-refractivity contribution in [2.45, 2.75) is 25.4 Å². The molecule has 0 fully saturated rings. The molecule has 0 aliphatic rings. The Morgan fingerprint density at radius 3 is 2.32 bits per heavy atom. The number of hydrogen-bond acceptors (Lipinski definition) is 4. The van der Waals surface area contributed by atoms with Gasteiger partial charge in [-0.2, -0.15) is 0 Å². The van der Waals surface area contributed by atoms with Crippen molar-refractivity contribution < 1.29 is 14.7 Å². The topological polar surface area (TPSA) is 90.5 Å². The third-order valence-electron chi connectivity index (χ3n) is 4.83. The van der Waals surface area contributed by atoms with E-state index in [-0.39, 0.29) is 11.8 Å². The van der Waals surface area contributed by atoms with Gasteiger partial charge in [-0.3, -0.25) is 9.59 Å². The Hall–Kier alpha value is -2.70. The first-order valence-electron chi connectivity index (χ1n) is 9.49. The molecule has 0 spiro atoms. The van der Waals surface area contributed by atoms with Gasteiger partial charge in [0.2, 0.25) is 0 Å². The van der Waals surface area contributed by atoms with Gasteiger partial charge in [-0.1, -0.05) is 43.3 Å². The number of carbonyl (C=O) groups is 2. The molecule has 0 radical (unpaired) electrons. The Labute approximate surface area is 166 Å². The number of carbonyl (C=O) groups excluding carboxylic acids is 2. The molecule has 0 bridgehead atoms. The average molecular weight is 383 g/mol. The Bertz CT molecular complexity index is 793. The largest absolute Gasteiger partial charge is 0.387 e. The molecule has 2 aromatic rings. The van der Waals surface area contributed by atoms with E-state index in [1.54, 1.807) is 12.1 Å². The number of aliphatic hydroxyl groups excluding tert-OH is 1. The monoisotopic (exact) mass is 383 g/mol. The van der Waals surface area contributed by atoms with Crippen molar-refractivity contribution in [2.24, 2.45) is 0 Å². The molecule has 0 saturated heterocycles. The van der Waals surface area contributed by atoms with Crippen LogP contribution in [0.5, 0.6) is 0 Å². The van der Waals surface area contributed by atoms with E-state index in [1.807, 2.05) is 18.2 Å². The first kappa shape index (κ1) is 21.6. The molecule has 2 aromatic carbocycles. The van der Waals surface area contributed by atoms with Gasteiger partial charge in [0.15, 0.2) is 0 Å². The Morgan fingerprint density at radius 2 is 1.68 bits per heavy atom. The van der Waals surface area contributed by atoms with Crippen LogP contribution in [0.25, 0.3) is 0 Å². The summed E-state index contributed by atoms with van der Waals surface area (Å²) in [6, 6.07) is 15.1. The number of aliphatic hydroxyl groups is 1. The fourth-order valence-electron chi connectivity index (χ4n) is 3.08. The van der Waals surface area contributed by atoms with E-state index in [1.165, 1.54) is 25.7 Å². The molecule has 6 heteroatoms. The van der Waals surface area contributed by atoms with Crippen LogP contribution in [0, 0.1) is 0 Å². The van der Waals surface area contributed by atoms with Crippen LogP contribution in [0.1, 0.15) is 57.2 Å². The number of benzene rings is 2. The molecule has 0 aliphatic carbocycles. The van der Waals surface area contributed by atoms with E-state index in [4.69, 9.17) is 0 Å². The number of amides is 2. The SMILES string of the molecule is CNC(=O)c1ccc(C(O)CNCCC(C)c2ccccc2)c(C(=O)NC)c1. The van der Waals surface area contributed by atoms with Crippen molar-refractivity contribution in [3.63, 3.8) is 0 Å². The second kappa shape index (κ2) is 10.6. The molecule has 2 atom stereocenters.